The third kappa shape index (κ3) is 2.91. The Morgan fingerprint density at radius 3 is 3.00 bits per heavy atom. The van der Waals surface area contributed by atoms with Crippen molar-refractivity contribution in [2.24, 2.45) is 11.7 Å². The molecule has 1 unspecified atom stereocenters. The molecule has 4 N–H and O–H groups in total. The second-order valence-corrected chi connectivity index (χ2v) is 5.82. The second-order valence-electron chi connectivity index (χ2n) is 5.38. The van der Waals surface area contributed by atoms with E-state index in [0.29, 0.717) is 17.5 Å². The van der Waals surface area contributed by atoms with Crippen LogP contribution in [0.1, 0.15) is 6.92 Å². The van der Waals surface area contributed by atoms with Gasteiger partial charge in [-0.15, -0.1) is 0 Å². The summed E-state index contributed by atoms with van der Waals surface area (Å²) in [6.07, 6.45) is 3.48. The Hall–Kier alpha value is -2.11. The number of nitrogens with zero attached hydrogens (tertiary/aromatic N) is 2. The van der Waals surface area contributed by atoms with Crippen molar-refractivity contribution in [3.63, 3.8) is 0 Å². The average Bonchev–Trinajstić information content (AvgIpc) is 2.97. The van der Waals surface area contributed by atoms with Crippen LogP contribution in [0, 0.1) is 5.92 Å². The molecule has 1 atom stereocenters. The predicted octanol–water partition coefficient (Wildman–Crippen LogP) is 3.29. The molecule has 6 heteroatoms. The van der Waals surface area contributed by atoms with Crippen LogP contribution in [0.4, 0.5) is 5.82 Å². The first kappa shape index (κ1) is 14.8. The maximum atomic E-state index is 6.10. The van der Waals surface area contributed by atoms with Crippen LogP contribution in [0.3, 0.4) is 0 Å². The zero-order valence-electron chi connectivity index (χ0n) is 12.3. The van der Waals surface area contributed by atoms with E-state index >= 15 is 0 Å². The molecule has 3 aromatic rings. The topological polar surface area (TPSA) is 79.6 Å². The van der Waals surface area contributed by atoms with Gasteiger partial charge in [0.15, 0.2) is 0 Å². The zero-order chi connectivity index (χ0) is 15.5. The Morgan fingerprint density at radius 2 is 2.23 bits per heavy atom. The van der Waals surface area contributed by atoms with E-state index in [1.54, 1.807) is 6.33 Å². The summed E-state index contributed by atoms with van der Waals surface area (Å²) in [6, 6.07) is 7.75. The SMILES string of the molecule is CC(CN)CNc1ncnc2[nH]cc(-c3cccc(Cl)c3)c12. The Bertz CT molecular complexity index is 783. The van der Waals surface area contributed by atoms with Gasteiger partial charge >= 0.3 is 0 Å². The maximum Gasteiger partial charge on any atom is 0.143 e. The molecule has 1 aromatic carbocycles. The maximum absolute atomic E-state index is 6.10. The van der Waals surface area contributed by atoms with Gasteiger partial charge in [-0.3, -0.25) is 0 Å². The van der Waals surface area contributed by atoms with Gasteiger partial charge in [-0.05, 0) is 30.2 Å². The Balaban J connectivity index is 2.05. The van der Waals surface area contributed by atoms with E-state index in [1.807, 2.05) is 30.5 Å². The van der Waals surface area contributed by atoms with Crippen molar-refractivity contribution in [1.29, 1.82) is 0 Å². The number of rotatable bonds is 5. The normalized spacial score (nSPS) is 12.5. The Kier molecular flexibility index (Phi) is 4.27. The summed E-state index contributed by atoms with van der Waals surface area (Å²) >= 11 is 6.10. The van der Waals surface area contributed by atoms with Gasteiger partial charge in [-0.25, -0.2) is 9.97 Å². The summed E-state index contributed by atoms with van der Waals surface area (Å²) in [5, 5.41) is 5.04. The summed E-state index contributed by atoms with van der Waals surface area (Å²) in [4.78, 5) is 11.9. The van der Waals surface area contributed by atoms with Gasteiger partial charge in [0.05, 0.1) is 5.39 Å². The quantitative estimate of drug-likeness (QED) is 0.675. The molecule has 0 aliphatic rings. The molecule has 2 aromatic heterocycles. The van der Waals surface area contributed by atoms with Crippen LogP contribution in [0.5, 0.6) is 0 Å². The molecule has 2 heterocycles. The highest BCUT2D eigenvalue weighted by atomic mass is 35.5. The number of nitrogens with one attached hydrogen (secondary N) is 2. The van der Waals surface area contributed by atoms with Gasteiger partial charge in [0.25, 0.3) is 0 Å². The zero-order valence-corrected chi connectivity index (χ0v) is 13.1. The number of H-pyrrole nitrogens is 1. The molecule has 0 saturated heterocycles. The van der Waals surface area contributed by atoms with Crippen molar-refractivity contribution in [3.8, 4) is 11.1 Å². The largest absolute Gasteiger partial charge is 0.369 e. The smallest absolute Gasteiger partial charge is 0.143 e. The number of nitrogens with two attached hydrogens (primary N) is 1. The molecule has 22 heavy (non-hydrogen) atoms. The first-order valence-corrected chi connectivity index (χ1v) is 7.58. The molecule has 0 aliphatic carbocycles. The number of anilines is 1. The van der Waals surface area contributed by atoms with Crippen LogP contribution in [0.25, 0.3) is 22.2 Å². The Labute approximate surface area is 133 Å². The molecule has 0 spiro atoms. The molecule has 0 saturated carbocycles. The third-order valence-electron chi connectivity index (χ3n) is 3.63. The van der Waals surface area contributed by atoms with E-state index in [1.165, 1.54) is 0 Å². The highest BCUT2D eigenvalue weighted by molar-refractivity contribution is 6.30. The minimum atomic E-state index is 0.374. The number of hydrogen-bond donors (Lipinski definition) is 3. The van der Waals surface area contributed by atoms with Crippen molar-refractivity contribution < 1.29 is 0 Å². The van der Waals surface area contributed by atoms with Crippen LogP contribution in [0.2, 0.25) is 5.02 Å². The molecule has 0 amide bonds. The van der Waals surface area contributed by atoms with E-state index in [2.05, 4.69) is 27.2 Å². The highest BCUT2D eigenvalue weighted by Crippen LogP contribution is 2.32. The second kappa shape index (κ2) is 6.34. The van der Waals surface area contributed by atoms with Gasteiger partial charge in [-0.2, -0.15) is 0 Å². The monoisotopic (exact) mass is 315 g/mol. The van der Waals surface area contributed by atoms with Gasteiger partial charge in [0, 0.05) is 23.3 Å². The number of hydrogen-bond acceptors (Lipinski definition) is 4. The fourth-order valence-corrected chi connectivity index (χ4v) is 2.53. The standard InChI is InChI=1S/C16H18ClN5/c1-10(6-18)7-19-15-14-13(8-20-16(14)22-9-21-15)11-3-2-4-12(17)5-11/h2-5,8-10H,6-7,18H2,1H3,(H2,19,20,21,22). The number of halogens is 1. The van der Waals surface area contributed by atoms with Crippen LogP contribution < -0.4 is 11.1 Å². The molecule has 3 rings (SSSR count). The molecule has 0 fully saturated rings. The van der Waals surface area contributed by atoms with Crippen molar-refractivity contribution in [1.82, 2.24) is 15.0 Å². The van der Waals surface area contributed by atoms with Crippen LogP contribution in [0.15, 0.2) is 36.8 Å². The summed E-state index contributed by atoms with van der Waals surface area (Å²) < 4.78 is 0. The van der Waals surface area contributed by atoms with Gasteiger partial charge < -0.3 is 16.0 Å². The molecule has 114 valence electrons. The van der Waals surface area contributed by atoms with Crippen LogP contribution in [-0.2, 0) is 0 Å². The first-order chi connectivity index (χ1) is 10.7. The molecule has 5 nitrogen and oxygen atoms in total. The van der Waals surface area contributed by atoms with Crippen molar-refractivity contribution in [2.75, 3.05) is 18.4 Å². The van der Waals surface area contributed by atoms with E-state index in [4.69, 9.17) is 17.3 Å². The van der Waals surface area contributed by atoms with Crippen LogP contribution >= 0.6 is 11.6 Å². The van der Waals surface area contributed by atoms with Gasteiger partial charge in [-0.1, -0.05) is 30.7 Å². The van der Waals surface area contributed by atoms with E-state index in [0.717, 1.165) is 34.5 Å². The summed E-state index contributed by atoms with van der Waals surface area (Å²) in [7, 11) is 0. The molecule has 0 radical (unpaired) electrons. The molecular weight excluding hydrogens is 298 g/mol. The van der Waals surface area contributed by atoms with Crippen molar-refractivity contribution >= 4 is 28.5 Å². The highest BCUT2D eigenvalue weighted by Gasteiger charge is 2.13. The first-order valence-electron chi connectivity index (χ1n) is 7.21. The van der Waals surface area contributed by atoms with Gasteiger partial charge in [0.1, 0.15) is 17.8 Å². The van der Waals surface area contributed by atoms with Gasteiger partial charge in [0.2, 0.25) is 0 Å². The minimum absolute atomic E-state index is 0.374. The lowest BCUT2D eigenvalue weighted by Crippen LogP contribution is -2.20. The number of fused-ring (bicyclic) bond motifs is 1. The Morgan fingerprint density at radius 1 is 1.36 bits per heavy atom. The summed E-state index contributed by atoms with van der Waals surface area (Å²) in [6.45, 7) is 3.50. The fourth-order valence-electron chi connectivity index (χ4n) is 2.33. The van der Waals surface area contributed by atoms with Crippen molar-refractivity contribution in [2.45, 2.75) is 6.92 Å². The summed E-state index contributed by atoms with van der Waals surface area (Å²) in [5.41, 5.74) is 8.53. The lowest BCUT2D eigenvalue weighted by atomic mass is 10.1. The molecule has 0 aliphatic heterocycles. The number of benzene rings is 1. The number of aromatic nitrogens is 3. The van der Waals surface area contributed by atoms with E-state index in [-0.39, 0.29) is 0 Å². The van der Waals surface area contributed by atoms with E-state index < -0.39 is 0 Å². The fraction of sp³-hybridized carbons (Fsp3) is 0.250. The average molecular weight is 316 g/mol. The third-order valence-corrected chi connectivity index (χ3v) is 3.86. The van der Waals surface area contributed by atoms with Crippen LogP contribution in [-0.4, -0.2) is 28.0 Å². The van der Waals surface area contributed by atoms with E-state index in [9.17, 15) is 0 Å². The molecule has 0 bridgehead atoms. The van der Waals surface area contributed by atoms with Crippen molar-refractivity contribution in [3.05, 3.63) is 41.8 Å². The predicted molar refractivity (Wildman–Crippen MR) is 91.0 cm³/mol. The molecular formula is C16H18ClN5. The lowest BCUT2D eigenvalue weighted by molar-refractivity contribution is 0.627. The summed E-state index contributed by atoms with van der Waals surface area (Å²) in [5.74, 6) is 1.18. The number of aromatic amines is 1. The minimum Gasteiger partial charge on any atom is -0.369 e. The lowest BCUT2D eigenvalue weighted by Gasteiger charge is -2.12.